The van der Waals surface area contributed by atoms with Crippen LogP contribution >= 0.6 is 0 Å². The van der Waals surface area contributed by atoms with Crippen LogP contribution in [0.5, 0.6) is 0 Å². The molecule has 0 bridgehead atoms. The molecule has 0 aromatic carbocycles. The lowest BCUT2D eigenvalue weighted by Crippen LogP contribution is -2.55. The maximum absolute atomic E-state index is 12.2. The zero-order valence-corrected chi connectivity index (χ0v) is 30.3. The van der Waals surface area contributed by atoms with Gasteiger partial charge in [0, 0.05) is 0 Å². The van der Waals surface area contributed by atoms with Crippen LogP contribution in [0.25, 0.3) is 0 Å². The van der Waals surface area contributed by atoms with Crippen LogP contribution in [0.1, 0.15) is 155 Å². The highest BCUT2D eigenvalue weighted by atomic mass is 16.6. The zero-order valence-electron chi connectivity index (χ0n) is 30.3. The van der Waals surface area contributed by atoms with Crippen molar-refractivity contribution in [2.75, 3.05) is 20.7 Å². The van der Waals surface area contributed by atoms with E-state index in [1.54, 1.807) is 25.3 Å². The number of aliphatic carboxylic acids is 1. The second-order valence-corrected chi connectivity index (χ2v) is 12.5. The first-order chi connectivity index (χ1) is 22.5. The first kappa shape index (κ1) is 43.5. The number of allylic oxidation sites excluding steroid dienone is 10. The van der Waals surface area contributed by atoms with Gasteiger partial charge in [-0.15, -0.1) is 0 Å². The van der Waals surface area contributed by atoms with Crippen molar-refractivity contribution in [3.05, 3.63) is 73.3 Å². The summed E-state index contributed by atoms with van der Waals surface area (Å²) in [6.45, 7) is 4.40. The van der Waals surface area contributed by atoms with Gasteiger partial charge in [-0.1, -0.05) is 114 Å². The van der Waals surface area contributed by atoms with E-state index in [9.17, 15) is 9.90 Å². The summed E-state index contributed by atoms with van der Waals surface area (Å²) in [6, 6.07) is 0. The number of likely N-dealkylation sites (N-methyl/N-ethyl adjacent to an activating group) is 1. The zero-order chi connectivity index (χ0) is 33.8. The molecular weight excluding hydrogens is 570 g/mol. The largest absolute Gasteiger partial charge is 0.495 e. The van der Waals surface area contributed by atoms with Gasteiger partial charge in [-0.3, -0.25) is 4.90 Å². The van der Waals surface area contributed by atoms with Crippen molar-refractivity contribution in [3.8, 4) is 0 Å². The molecule has 0 saturated heterocycles. The second kappa shape index (κ2) is 33.8. The predicted octanol–water partition coefficient (Wildman–Crippen LogP) is 12.2. The Bertz CT molecular complexity index is 855. The van der Waals surface area contributed by atoms with Crippen LogP contribution in [0.4, 0.5) is 0 Å². The van der Waals surface area contributed by atoms with Crippen molar-refractivity contribution >= 4 is 5.97 Å². The molecule has 0 fully saturated rings. The van der Waals surface area contributed by atoms with Gasteiger partial charge in [-0.05, 0) is 116 Å². The maximum atomic E-state index is 12.2. The predicted molar refractivity (Wildman–Crippen MR) is 199 cm³/mol. The number of carbonyl (C=O) groups is 1. The minimum Gasteiger partial charge on any atom is -0.495 e. The summed E-state index contributed by atoms with van der Waals surface area (Å²) in [5.74, 6) is -1.06. The molecule has 0 aliphatic heterocycles. The van der Waals surface area contributed by atoms with Gasteiger partial charge in [-0.2, -0.15) is 0 Å². The summed E-state index contributed by atoms with van der Waals surface area (Å²) in [6.07, 6.45) is 51.2. The molecule has 0 radical (unpaired) electrons. The fourth-order valence-electron chi connectivity index (χ4n) is 4.89. The molecular formula is C41H71NO4. The Hall–Kier alpha value is -2.53. The molecule has 1 N–H and O–H groups in total. The smallest absolute Gasteiger partial charge is 0.367 e. The van der Waals surface area contributed by atoms with Crippen molar-refractivity contribution in [2.24, 2.45) is 0 Å². The SMILES string of the molecule is CCCCC/C=C\C/C=C\CCCCCCC=COC[C@@](OC=CCCCCCC/C=C\C/C=C\CCCCC)(C(=O)O)N(C)C. The summed E-state index contributed by atoms with van der Waals surface area (Å²) < 4.78 is 11.4. The fourth-order valence-corrected chi connectivity index (χ4v) is 4.89. The van der Waals surface area contributed by atoms with Crippen molar-refractivity contribution < 1.29 is 19.4 Å². The molecule has 1 atom stereocenters. The van der Waals surface area contributed by atoms with E-state index in [1.165, 1.54) is 89.7 Å². The van der Waals surface area contributed by atoms with Crippen LogP contribution in [0.3, 0.4) is 0 Å². The first-order valence-electron chi connectivity index (χ1n) is 18.6. The molecule has 0 aromatic heterocycles. The lowest BCUT2D eigenvalue weighted by molar-refractivity contribution is -0.187. The van der Waals surface area contributed by atoms with Gasteiger partial charge in [0.15, 0.2) is 6.61 Å². The number of hydrogen-bond donors (Lipinski definition) is 1. The number of carboxylic acid groups (broad SMARTS) is 1. The Labute approximate surface area is 284 Å². The fraction of sp³-hybridized carbons (Fsp3) is 0.683. The van der Waals surface area contributed by atoms with E-state index in [4.69, 9.17) is 9.47 Å². The van der Waals surface area contributed by atoms with Gasteiger partial charge in [-0.25, -0.2) is 4.79 Å². The Kier molecular flexibility index (Phi) is 32.0. The number of rotatable bonds is 33. The van der Waals surface area contributed by atoms with E-state index in [-0.39, 0.29) is 6.61 Å². The molecule has 0 aliphatic carbocycles. The van der Waals surface area contributed by atoms with Crippen molar-refractivity contribution in [1.29, 1.82) is 0 Å². The molecule has 0 unspecified atom stereocenters. The molecule has 0 saturated carbocycles. The highest BCUT2D eigenvalue weighted by Gasteiger charge is 2.44. The molecule has 0 heterocycles. The van der Waals surface area contributed by atoms with Crippen molar-refractivity contribution in [3.63, 3.8) is 0 Å². The summed E-state index contributed by atoms with van der Waals surface area (Å²) in [5.41, 5.74) is -1.56. The lowest BCUT2D eigenvalue weighted by atomic mass is 10.1. The average molecular weight is 642 g/mol. The van der Waals surface area contributed by atoms with Crippen LogP contribution in [-0.4, -0.2) is 42.4 Å². The van der Waals surface area contributed by atoms with Gasteiger partial charge in [0.2, 0.25) is 0 Å². The monoisotopic (exact) mass is 642 g/mol. The van der Waals surface area contributed by atoms with Crippen molar-refractivity contribution in [1.82, 2.24) is 4.90 Å². The van der Waals surface area contributed by atoms with Gasteiger partial charge in [0.25, 0.3) is 5.72 Å². The normalized spacial score (nSPS) is 13.9. The number of ether oxygens (including phenoxy) is 2. The van der Waals surface area contributed by atoms with E-state index in [2.05, 4.69) is 62.5 Å². The molecule has 5 nitrogen and oxygen atoms in total. The van der Waals surface area contributed by atoms with Gasteiger partial charge < -0.3 is 14.6 Å². The highest BCUT2D eigenvalue weighted by Crippen LogP contribution is 2.18. The average Bonchev–Trinajstić information content (AvgIpc) is 3.04. The number of carboxylic acids is 1. The summed E-state index contributed by atoms with van der Waals surface area (Å²) in [7, 11) is 3.40. The summed E-state index contributed by atoms with van der Waals surface area (Å²) >= 11 is 0. The number of nitrogens with zero attached hydrogens (tertiary/aromatic N) is 1. The van der Waals surface area contributed by atoms with E-state index >= 15 is 0 Å². The molecule has 46 heavy (non-hydrogen) atoms. The Morgan fingerprint density at radius 1 is 0.543 bits per heavy atom. The summed E-state index contributed by atoms with van der Waals surface area (Å²) in [5, 5.41) is 9.95. The first-order valence-corrected chi connectivity index (χ1v) is 18.6. The van der Waals surface area contributed by atoms with E-state index in [1.807, 2.05) is 12.2 Å². The number of unbranched alkanes of at least 4 members (excludes halogenated alkanes) is 16. The minimum absolute atomic E-state index is 0.0847. The Morgan fingerprint density at radius 3 is 1.28 bits per heavy atom. The number of hydrogen-bond acceptors (Lipinski definition) is 4. The van der Waals surface area contributed by atoms with E-state index in [0.29, 0.717) is 0 Å². The maximum Gasteiger partial charge on any atom is 0.367 e. The van der Waals surface area contributed by atoms with E-state index in [0.717, 1.165) is 57.8 Å². The van der Waals surface area contributed by atoms with Crippen LogP contribution in [0.2, 0.25) is 0 Å². The van der Waals surface area contributed by atoms with Gasteiger partial charge >= 0.3 is 5.97 Å². The van der Waals surface area contributed by atoms with Crippen LogP contribution < -0.4 is 0 Å². The molecule has 0 spiro atoms. The molecule has 0 aliphatic rings. The van der Waals surface area contributed by atoms with Gasteiger partial charge in [0.05, 0.1) is 12.5 Å². The molecule has 5 heteroatoms. The molecule has 0 rings (SSSR count). The highest BCUT2D eigenvalue weighted by molar-refractivity contribution is 5.77. The van der Waals surface area contributed by atoms with Gasteiger partial charge in [0.1, 0.15) is 0 Å². The van der Waals surface area contributed by atoms with E-state index < -0.39 is 11.7 Å². The van der Waals surface area contributed by atoms with Crippen molar-refractivity contribution in [2.45, 2.75) is 161 Å². The third-order valence-electron chi connectivity index (χ3n) is 8.03. The molecule has 0 amide bonds. The summed E-state index contributed by atoms with van der Waals surface area (Å²) in [4.78, 5) is 13.7. The molecule has 0 aromatic rings. The lowest BCUT2D eigenvalue weighted by Gasteiger charge is -2.33. The van der Waals surface area contributed by atoms with Crippen LogP contribution in [0.15, 0.2) is 73.3 Å². The third kappa shape index (κ3) is 26.7. The van der Waals surface area contributed by atoms with Crippen LogP contribution in [-0.2, 0) is 14.3 Å². The second-order valence-electron chi connectivity index (χ2n) is 12.5. The Morgan fingerprint density at radius 2 is 0.913 bits per heavy atom. The standard InChI is InChI=1S/C41H71NO4/c1-5-7-9-11-13-15-17-19-21-23-25-27-29-31-33-35-37-45-39-41(40(43)44,42(3)4)46-38-36-34-32-30-28-26-24-22-20-18-16-14-12-10-8-6-2/h13-16,19-22,35-38H,5-12,17-18,23-34,39H2,1-4H3,(H,43,44)/b15-13-,16-14-,21-19-,22-20-,37-35?,38-36?/t41-/m1/s1. The third-order valence-corrected chi connectivity index (χ3v) is 8.03. The Balaban J connectivity index is 4.04. The molecule has 264 valence electrons. The minimum atomic E-state index is -1.56. The van der Waals surface area contributed by atoms with Crippen LogP contribution in [0, 0.1) is 0 Å². The topological polar surface area (TPSA) is 59.0 Å². The quantitative estimate of drug-likeness (QED) is 0.0334.